The van der Waals surface area contributed by atoms with Gasteiger partial charge < -0.3 is 20.7 Å². The van der Waals surface area contributed by atoms with Gasteiger partial charge in [-0.15, -0.1) is 0 Å². The minimum Gasteiger partial charge on any atom is -0.379 e. The van der Waals surface area contributed by atoms with E-state index in [9.17, 15) is 14.0 Å². The fourth-order valence-corrected chi connectivity index (χ4v) is 3.49. The molecule has 1 heterocycles. The Hall–Kier alpha value is -2.19. The molecule has 1 aromatic rings. The lowest BCUT2D eigenvalue weighted by atomic mass is 9.92. The van der Waals surface area contributed by atoms with E-state index in [1.807, 2.05) is 0 Å². The van der Waals surface area contributed by atoms with Crippen molar-refractivity contribution in [2.24, 2.45) is 5.92 Å². The van der Waals surface area contributed by atoms with E-state index >= 15 is 0 Å². The number of carbonyl (C=O) groups excluding carboxylic acids is 2. The van der Waals surface area contributed by atoms with Gasteiger partial charge in [-0.3, -0.25) is 9.69 Å². The molecule has 0 spiro atoms. The van der Waals surface area contributed by atoms with Crippen LogP contribution in [0.3, 0.4) is 0 Å². The van der Waals surface area contributed by atoms with Crippen LogP contribution in [0.4, 0.5) is 14.9 Å². The van der Waals surface area contributed by atoms with Crippen molar-refractivity contribution in [3.63, 3.8) is 0 Å². The molecular formula is C20H31FN4O3. The summed E-state index contributed by atoms with van der Waals surface area (Å²) < 4.78 is 18.3. The van der Waals surface area contributed by atoms with Crippen LogP contribution in [-0.2, 0) is 9.53 Å². The number of nitrogens with zero attached hydrogens (tertiary/aromatic N) is 1. The van der Waals surface area contributed by atoms with E-state index in [1.165, 1.54) is 24.3 Å². The van der Waals surface area contributed by atoms with Crippen LogP contribution in [0.15, 0.2) is 24.3 Å². The zero-order chi connectivity index (χ0) is 20.4. The van der Waals surface area contributed by atoms with Crippen LogP contribution in [0, 0.1) is 11.7 Å². The van der Waals surface area contributed by atoms with Crippen molar-refractivity contribution in [3.8, 4) is 0 Å². The van der Waals surface area contributed by atoms with Gasteiger partial charge in [0.1, 0.15) is 5.82 Å². The zero-order valence-corrected chi connectivity index (χ0v) is 16.7. The molecule has 1 atom stereocenters. The molecule has 3 N–H and O–H groups in total. The molecule has 0 saturated carbocycles. The first-order valence-electron chi connectivity index (χ1n) is 9.92. The maximum Gasteiger partial charge on any atom is 0.315 e. The maximum atomic E-state index is 12.9. The van der Waals surface area contributed by atoms with Crippen LogP contribution in [0.25, 0.3) is 0 Å². The summed E-state index contributed by atoms with van der Waals surface area (Å²) >= 11 is 0. The average Bonchev–Trinajstić information content (AvgIpc) is 2.72. The van der Waals surface area contributed by atoms with Gasteiger partial charge in [-0.05, 0) is 30.2 Å². The highest BCUT2D eigenvalue weighted by atomic mass is 19.1. The summed E-state index contributed by atoms with van der Waals surface area (Å²) in [5, 5.41) is 8.07. The van der Waals surface area contributed by atoms with Crippen molar-refractivity contribution in [2.75, 3.05) is 44.7 Å². The molecule has 0 aromatic heterocycles. The number of ether oxygens (including phenoxy) is 1. The molecule has 1 aliphatic heterocycles. The van der Waals surface area contributed by atoms with Crippen molar-refractivity contribution in [1.82, 2.24) is 15.5 Å². The van der Waals surface area contributed by atoms with Crippen molar-refractivity contribution in [3.05, 3.63) is 30.1 Å². The van der Waals surface area contributed by atoms with Gasteiger partial charge in [0, 0.05) is 31.4 Å². The second kappa shape index (κ2) is 11.6. The quantitative estimate of drug-likeness (QED) is 0.600. The number of amides is 3. The summed E-state index contributed by atoms with van der Waals surface area (Å²) in [5.74, 6) is -0.255. The number of nitrogens with one attached hydrogen (secondary N) is 3. The van der Waals surface area contributed by atoms with Gasteiger partial charge in [0.25, 0.3) is 0 Å². The average molecular weight is 394 g/mol. The van der Waals surface area contributed by atoms with Gasteiger partial charge in [0.05, 0.1) is 19.8 Å². The minimum absolute atomic E-state index is 0.156. The van der Waals surface area contributed by atoms with E-state index in [2.05, 4.69) is 34.7 Å². The van der Waals surface area contributed by atoms with Crippen LogP contribution in [0.5, 0.6) is 0 Å². The van der Waals surface area contributed by atoms with Gasteiger partial charge in [-0.2, -0.15) is 0 Å². The summed E-state index contributed by atoms with van der Waals surface area (Å²) in [6, 6.07) is 5.33. The fourth-order valence-electron chi connectivity index (χ4n) is 3.49. The largest absolute Gasteiger partial charge is 0.379 e. The second-order valence-electron chi connectivity index (χ2n) is 6.91. The van der Waals surface area contributed by atoms with E-state index in [-0.39, 0.29) is 30.3 Å². The lowest BCUT2D eigenvalue weighted by Gasteiger charge is -2.38. The van der Waals surface area contributed by atoms with Crippen LogP contribution in [-0.4, -0.2) is 62.3 Å². The van der Waals surface area contributed by atoms with Crippen molar-refractivity contribution in [1.29, 1.82) is 0 Å². The fraction of sp³-hybridized carbons (Fsp3) is 0.600. The third-order valence-corrected chi connectivity index (χ3v) is 5.12. The highest BCUT2D eigenvalue weighted by molar-refractivity contribution is 5.94. The van der Waals surface area contributed by atoms with Crippen molar-refractivity contribution >= 4 is 17.6 Å². The SMILES string of the molecule is CCC(CC)C(CNC(=O)NCC(=O)Nc1ccc(F)cc1)N1CCOCC1. The minimum atomic E-state index is -0.376. The van der Waals surface area contributed by atoms with Gasteiger partial charge in [-0.25, -0.2) is 9.18 Å². The Kier molecular flexibility index (Phi) is 9.16. The van der Waals surface area contributed by atoms with Gasteiger partial charge in [0.15, 0.2) is 0 Å². The normalized spacial score (nSPS) is 15.9. The maximum absolute atomic E-state index is 12.9. The molecule has 1 aliphatic rings. The number of rotatable bonds is 9. The molecule has 8 heteroatoms. The summed E-state index contributed by atoms with van der Waals surface area (Å²) in [4.78, 5) is 26.4. The molecule has 1 saturated heterocycles. The molecule has 28 heavy (non-hydrogen) atoms. The van der Waals surface area contributed by atoms with Gasteiger partial charge >= 0.3 is 6.03 Å². The van der Waals surface area contributed by atoms with Crippen molar-refractivity contribution in [2.45, 2.75) is 32.7 Å². The van der Waals surface area contributed by atoms with E-state index in [1.54, 1.807) is 0 Å². The molecule has 156 valence electrons. The number of urea groups is 1. The number of morpholine rings is 1. The second-order valence-corrected chi connectivity index (χ2v) is 6.91. The summed E-state index contributed by atoms with van der Waals surface area (Å²) in [5.41, 5.74) is 0.481. The Labute approximate surface area is 166 Å². The molecule has 2 rings (SSSR count). The standard InChI is InChI=1S/C20H31FN4O3/c1-3-15(4-2)18(25-9-11-28-12-10-25)13-22-20(27)23-14-19(26)24-17-7-5-16(21)6-8-17/h5-8,15,18H,3-4,9-14H2,1-2H3,(H,24,26)(H2,22,23,27). The van der Waals surface area contributed by atoms with Gasteiger partial charge in [-0.1, -0.05) is 26.7 Å². The molecule has 0 bridgehead atoms. The monoisotopic (exact) mass is 394 g/mol. The predicted octanol–water partition coefficient (Wildman–Crippen LogP) is 2.20. The summed E-state index contributed by atoms with van der Waals surface area (Å²) in [7, 11) is 0. The van der Waals surface area contributed by atoms with E-state index in [0.29, 0.717) is 31.4 Å². The first kappa shape index (κ1) is 22.1. The topological polar surface area (TPSA) is 82.7 Å². The third kappa shape index (κ3) is 7.09. The molecule has 1 fully saturated rings. The highest BCUT2D eigenvalue weighted by Crippen LogP contribution is 2.19. The molecule has 7 nitrogen and oxygen atoms in total. The predicted molar refractivity (Wildman–Crippen MR) is 107 cm³/mol. The van der Waals surface area contributed by atoms with Gasteiger partial charge in [0.2, 0.25) is 5.91 Å². The van der Waals surface area contributed by atoms with Crippen LogP contribution >= 0.6 is 0 Å². The van der Waals surface area contributed by atoms with Crippen LogP contribution < -0.4 is 16.0 Å². The number of anilines is 1. The third-order valence-electron chi connectivity index (χ3n) is 5.12. The molecule has 3 amide bonds. The van der Waals surface area contributed by atoms with Crippen molar-refractivity contribution < 1.29 is 18.7 Å². The van der Waals surface area contributed by atoms with E-state index < -0.39 is 0 Å². The first-order chi connectivity index (χ1) is 13.5. The zero-order valence-electron chi connectivity index (χ0n) is 16.7. The number of hydrogen-bond acceptors (Lipinski definition) is 4. The Balaban J connectivity index is 1.78. The molecular weight excluding hydrogens is 363 g/mol. The molecule has 1 aromatic carbocycles. The Morgan fingerprint density at radius 1 is 1.11 bits per heavy atom. The van der Waals surface area contributed by atoms with Crippen LogP contribution in [0.2, 0.25) is 0 Å². The smallest absolute Gasteiger partial charge is 0.315 e. The summed E-state index contributed by atoms with van der Waals surface area (Å²) in [6.07, 6.45) is 2.09. The Morgan fingerprint density at radius 3 is 2.36 bits per heavy atom. The number of benzene rings is 1. The summed E-state index contributed by atoms with van der Waals surface area (Å²) in [6.45, 7) is 7.87. The van der Waals surface area contributed by atoms with E-state index in [4.69, 9.17) is 4.74 Å². The molecule has 0 radical (unpaired) electrons. The molecule has 1 unspecified atom stereocenters. The lowest BCUT2D eigenvalue weighted by Crippen LogP contribution is -2.53. The van der Waals surface area contributed by atoms with E-state index in [0.717, 1.165) is 25.9 Å². The Bertz CT molecular complexity index is 616. The Morgan fingerprint density at radius 2 is 1.75 bits per heavy atom. The highest BCUT2D eigenvalue weighted by Gasteiger charge is 2.27. The number of halogens is 1. The number of carbonyl (C=O) groups is 2. The molecule has 0 aliphatic carbocycles. The first-order valence-corrected chi connectivity index (χ1v) is 9.92. The number of hydrogen-bond donors (Lipinski definition) is 3. The van der Waals surface area contributed by atoms with Crippen LogP contribution in [0.1, 0.15) is 26.7 Å². The lowest BCUT2D eigenvalue weighted by molar-refractivity contribution is -0.115.